The Kier molecular flexibility index (Phi) is 13.2. The Balaban J connectivity index is 1.51. The van der Waals surface area contributed by atoms with Gasteiger partial charge in [0.2, 0.25) is 17.7 Å². The summed E-state index contributed by atoms with van der Waals surface area (Å²) in [5.41, 5.74) is 23.4. The molecular weight excluding hydrogens is 594 g/mol. The number of rotatable bonds is 20. The molecule has 5 rings (SSSR count). The normalized spacial score (nSPS) is 25.3. The number of Topliss-reactive ketones (excluding diaryl/α,β-unsaturated/α-hetero) is 1. The second kappa shape index (κ2) is 17.1. The van der Waals surface area contributed by atoms with Gasteiger partial charge in [0.15, 0.2) is 11.7 Å². The Morgan fingerprint density at radius 2 is 1.45 bits per heavy atom. The SMILES string of the molecule is C[C@@H](Cc1ccccc1)C(=O)N[C@H](CCCN=C(N)N)C(=O)C[C@@H](CC12CC3CC(CC(C3)C1)C2)C(=O)N[C@@H](CCCCN)C(N)=O. The first-order valence-corrected chi connectivity index (χ1v) is 17.7. The zero-order valence-electron chi connectivity index (χ0n) is 28.1. The Morgan fingerprint density at radius 3 is 2.02 bits per heavy atom. The summed E-state index contributed by atoms with van der Waals surface area (Å²) in [5.74, 6) is -0.284. The summed E-state index contributed by atoms with van der Waals surface area (Å²) >= 11 is 0. The van der Waals surface area contributed by atoms with E-state index in [4.69, 9.17) is 22.9 Å². The summed E-state index contributed by atoms with van der Waals surface area (Å²) in [6, 6.07) is 8.14. The van der Waals surface area contributed by atoms with Gasteiger partial charge in [-0.05, 0) is 119 Å². The monoisotopic (exact) mass is 651 g/mol. The summed E-state index contributed by atoms with van der Waals surface area (Å²) in [6.45, 7) is 2.66. The van der Waals surface area contributed by atoms with Crippen molar-refractivity contribution in [1.29, 1.82) is 0 Å². The maximum atomic E-state index is 14.1. The van der Waals surface area contributed by atoms with Crippen molar-refractivity contribution in [3.8, 4) is 0 Å². The van der Waals surface area contributed by atoms with Gasteiger partial charge in [0, 0.05) is 24.8 Å². The molecule has 0 radical (unpaired) electrons. The molecule has 3 amide bonds. The van der Waals surface area contributed by atoms with E-state index in [0.717, 1.165) is 31.2 Å². The molecular formula is C36H57N7O4. The third kappa shape index (κ3) is 10.8. The van der Waals surface area contributed by atoms with E-state index >= 15 is 0 Å². The van der Waals surface area contributed by atoms with E-state index < -0.39 is 23.9 Å². The number of carbonyl (C=O) groups excluding carboxylic acids is 4. The number of unbranched alkanes of at least 4 members (excludes halogenated alkanes) is 1. The van der Waals surface area contributed by atoms with Crippen LogP contribution < -0.4 is 33.6 Å². The van der Waals surface area contributed by atoms with Gasteiger partial charge in [-0.3, -0.25) is 24.2 Å². The molecule has 4 aliphatic rings. The van der Waals surface area contributed by atoms with Gasteiger partial charge in [-0.1, -0.05) is 37.3 Å². The number of nitrogens with zero attached hydrogens (tertiary/aromatic N) is 1. The lowest BCUT2D eigenvalue weighted by Gasteiger charge is -2.57. The molecule has 0 heterocycles. The molecule has 1 aromatic rings. The minimum absolute atomic E-state index is 0.0229. The zero-order chi connectivity index (χ0) is 34.0. The summed E-state index contributed by atoms with van der Waals surface area (Å²) < 4.78 is 0. The fraction of sp³-hybridized carbons (Fsp3) is 0.694. The smallest absolute Gasteiger partial charge is 0.239 e. The van der Waals surface area contributed by atoms with Crippen LogP contribution in [0.25, 0.3) is 0 Å². The molecule has 47 heavy (non-hydrogen) atoms. The first-order valence-electron chi connectivity index (χ1n) is 17.7. The predicted molar refractivity (Wildman–Crippen MR) is 184 cm³/mol. The molecule has 4 aliphatic carbocycles. The van der Waals surface area contributed by atoms with Crippen LogP contribution in [0.4, 0.5) is 0 Å². The standard InChI is InChI=1S/C36H57N7O4/c1-23(14-24-8-3-2-4-9-24)33(46)42-29(11-7-13-41-35(39)40)31(44)18-28(34(47)43-30(32(38)45)10-5-6-12-37)22-36-19-25-15-26(20-36)17-27(16-25)21-36/h2-4,8-9,23,25-30H,5-7,10-22,37H2,1H3,(H2,38,45)(H,42,46)(H,43,47)(H4,39,40,41)/t23-,25?,26?,27?,28-,29+,30-,36?/m0/s1. The molecule has 4 fully saturated rings. The Bertz CT molecular complexity index is 1210. The minimum atomic E-state index is -0.822. The number of benzene rings is 1. The first kappa shape index (κ1) is 36.4. The molecule has 1 aromatic carbocycles. The van der Waals surface area contributed by atoms with Gasteiger partial charge in [0.1, 0.15) is 6.04 Å². The topological polar surface area (TPSA) is 209 Å². The van der Waals surface area contributed by atoms with Crippen LogP contribution in [0.2, 0.25) is 0 Å². The average molecular weight is 652 g/mol. The van der Waals surface area contributed by atoms with Crippen LogP contribution in [-0.2, 0) is 25.6 Å². The van der Waals surface area contributed by atoms with Crippen molar-refractivity contribution in [2.45, 2.75) is 109 Å². The molecule has 260 valence electrons. The highest BCUT2D eigenvalue weighted by atomic mass is 16.2. The molecule has 11 heteroatoms. The lowest BCUT2D eigenvalue weighted by molar-refractivity contribution is -0.137. The summed E-state index contributed by atoms with van der Waals surface area (Å²) in [7, 11) is 0. The van der Waals surface area contributed by atoms with Crippen molar-refractivity contribution in [2.75, 3.05) is 13.1 Å². The van der Waals surface area contributed by atoms with Crippen LogP contribution in [0.1, 0.15) is 96.0 Å². The largest absolute Gasteiger partial charge is 0.370 e. The Labute approximate surface area is 279 Å². The summed E-state index contributed by atoms with van der Waals surface area (Å²) in [5, 5.41) is 5.92. The number of ketones is 1. The summed E-state index contributed by atoms with van der Waals surface area (Å²) in [6.07, 6.45) is 10.8. The van der Waals surface area contributed by atoms with Gasteiger partial charge in [0.05, 0.1) is 6.04 Å². The Morgan fingerprint density at radius 1 is 0.851 bits per heavy atom. The number of primary amides is 1. The predicted octanol–water partition coefficient (Wildman–Crippen LogP) is 2.68. The third-order valence-electron chi connectivity index (χ3n) is 10.8. The average Bonchev–Trinajstić information content (AvgIpc) is 3.01. The van der Waals surface area contributed by atoms with Crippen molar-refractivity contribution >= 4 is 29.5 Å². The number of nitrogens with two attached hydrogens (primary N) is 4. The van der Waals surface area contributed by atoms with Crippen molar-refractivity contribution < 1.29 is 19.2 Å². The van der Waals surface area contributed by atoms with Gasteiger partial charge in [-0.25, -0.2) is 0 Å². The van der Waals surface area contributed by atoms with Crippen molar-refractivity contribution in [2.24, 2.45) is 62.9 Å². The van der Waals surface area contributed by atoms with Gasteiger partial charge in [0.25, 0.3) is 0 Å². The first-order chi connectivity index (χ1) is 22.5. The van der Waals surface area contributed by atoms with Crippen LogP contribution in [0.3, 0.4) is 0 Å². The van der Waals surface area contributed by atoms with E-state index in [2.05, 4.69) is 15.6 Å². The van der Waals surface area contributed by atoms with Crippen LogP contribution in [0.15, 0.2) is 35.3 Å². The fourth-order valence-corrected chi connectivity index (χ4v) is 8.96. The molecule has 4 atom stereocenters. The van der Waals surface area contributed by atoms with Gasteiger partial charge in [-0.15, -0.1) is 0 Å². The number of carbonyl (C=O) groups is 4. The maximum Gasteiger partial charge on any atom is 0.239 e. The lowest BCUT2D eigenvalue weighted by Crippen LogP contribution is -2.51. The number of amides is 3. The highest BCUT2D eigenvalue weighted by Gasteiger charge is 2.52. The van der Waals surface area contributed by atoms with E-state index in [1.165, 1.54) is 19.3 Å². The second-order valence-electron chi connectivity index (χ2n) is 14.8. The summed E-state index contributed by atoms with van der Waals surface area (Å²) in [4.78, 5) is 57.9. The van der Waals surface area contributed by atoms with E-state index in [-0.39, 0.29) is 41.3 Å². The third-order valence-corrected chi connectivity index (χ3v) is 10.8. The second-order valence-corrected chi connectivity index (χ2v) is 14.8. The number of hydrogen-bond donors (Lipinski definition) is 6. The van der Waals surface area contributed by atoms with Crippen LogP contribution in [0, 0.1) is 35.0 Å². The van der Waals surface area contributed by atoms with Crippen molar-refractivity contribution in [3.05, 3.63) is 35.9 Å². The van der Waals surface area contributed by atoms with E-state index in [0.29, 0.717) is 69.4 Å². The number of aliphatic imine (C=N–C) groups is 1. The molecule has 4 saturated carbocycles. The number of hydrogen-bond acceptors (Lipinski definition) is 6. The number of nitrogens with one attached hydrogen (secondary N) is 2. The van der Waals surface area contributed by atoms with E-state index in [9.17, 15) is 19.2 Å². The fourth-order valence-electron chi connectivity index (χ4n) is 8.96. The van der Waals surface area contributed by atoms with Crippen LogP contribution in [0.5, 0.6) is 0 Å². The van der Waals surface area contributed by atoms with Crippen molar-refractivity contribution in [3.63, 3.8) is 0 Å². The molecule has 11 nitrogen and oxygen atoms in total. The van der Waals surface area contributed by atoms with E-state index in [1.807, 2.05) is 37.3 Å². The minimum Gasteiger partial charge on any atom is -0.370 e. The molecule has 0 aliphatic heterocycles. The molecule has 0 unspecified atom stereocenters. The maximum absolute atomic E-state index is 14.1. The van der Waals surface area contributed by atoms with Crippen LogP contribution >= 0.6 is 0 Å². The van der Waals surface area contributed by atoms with Crippen molar-refractivity contribution in [1.82, 2.24) is 10.6 Å². The molecule has 0 aromatic heterocycles. The highest BCUT2D eigenvalue weighted by molar-refractivity contribution is 5.94. The quantitative estimate of drug-likeness (QED) is 0.0705. The van der Waals surface area contributed by atoms with Gasteiger partial charge < -0.3 is 33.6 Å². The molecule has 10 N–H and O–H groups in total. The number of guanidine groups is 1. The molecule has 0 spiro atoms. The van der Waals surface area contributed by atoms with E-state index in [1.54, 1.807) is 0 Å². The highest BCUT2D eigenvalue weighted by Crippen LogP contribution is 2.62. The van der Waals surface area contributed by atoms with Gasteiger partial charge in [-0.2, -0.15) is 0 Å². The lowest BCUT2D eigenvalue weighted by atomic mass is 9.48. The molecule has 4 bridgehead atoms. The zero-order valence-corrected chi connectivity index (χ0v) is 28.1. The van der Waals surface area contributed by atoms with Crippen LogP contribution in [-0.4, -0.2) is 54.6 Å². The Hall–Kier alpha value is -3.47. The van der Waals surface area contributed by atoms with Gasteiger partial charge >= 0.3 is 0 Å². The molecule has 0 saturated heterocycles.